The summed E-state index contributed by atoms with van der Waals surface area (Å²) >= 11 is 0. The molecule has 0 heterocycles. The van der Waals surface area contributed by atoms with Gasteiger partial charge in [0, 0.05) is 0 Å². The van der Waals surface area contributed by atoms with Crippen LogP contribution < -0.4 is 0 Å². The smallest absolute Gasteiger partial charge is 0.00958 e. The second-order valence-electron chi connectivity index (χ2n) is 4.58. The summed E-state index contributed by atoms with van der Waals surface area (Å²) in [7, 11) is 0. The van der Waals surface area contributed by atoms with E-state index in [1.165, 1.54) is 16.7 Å². The van der Waals surface area contributed by atoms with Gasteiger partial charge in [-0.2, -0.15) is 0 Å². The minimum Gasteiger partial charge on any atom is -0.0877 e. The Labute approximate surface area is 112 Å². The highest BCUT2D eigenvalue weighted by Gasteiger charge is 2.13. The summed E-state index contributed by atoms with van der Waals surface area (Å²) in [5.41, 5.74) is 4.52. The third-order valence-electron chi connectivity index (χ3n) is 2.94. The Kier molecular flexibility index (Phi) is 6.86. The Morgan fingerprint density at radius 3 is 1.06 bits per heavy atom. The van der Waals surface area contributed by atoms with Gasteiger partial charge < -0.3 is 0 Å². The van der Waals surface area contributed by atoms with E-state index in [1.807, 2.05) is 0 Å². The molecule has 18 heavy (non-hydrogen) atoms. The first-order valence-electron chi connectivity index (χ1n) is 6.72. The van der Waals surface area contributed by atoms with Crippen LogP contribution in [-0.2, 0) is 0 Å². The Morgan fingerprint density at radius 2 is 0.833 bits per heavy atom. The highest BCUT2D eigenvalue weighted by molar-refractivity contribution is 5.36. The van der Waals surface area contributed by atoms with Crippen LogP contribution in [0.15, 0.2) is 71.4 Å². The van der Waals surface area contributed by atoms with Crippen LogP contribution in [0.4, 0.5) is 0 Å². The maximum Gasteiger partial charge on any atom is -0.00958 e. The Hall–Kier alpha value is -1.56. The van der Waals surface area contributed by atoms with Crippen molar-refractivity contribution in [2.75, 3.05) is 0 Å². The van der Waals surface area contributed by atoms with Crippen molar-refractivity contribution in [3.63, 3.8) is 0 Å². The zero-order valence-corrected chi connectivity index (χ0v) is 11.8. The molecule has 0 aromatic rings. The van der Waals surface area contributed by atoms with Crippen LogP contribution in [-0.4, -0.2) is 0 Å². The lowest BCUT2D eigenvalue weighted by Gasteiger charge is -2.20. The molecule has 0 spiro atoms. The van der Waals surface area contributed by atoms with Gasteiger partial charge in [-0.25, -0.2) is 0 Å². The summed E-state index contributed by atoms with van der Waals surface area (Å²) < 4.78 is 0. The van der Waals surface area contributed by atoms with Gasteiger partial charge in [0.05, 0.1) is 0 Å². The van der Waals surface area contributed by atoms with Gasteiger partial charge in [-0.3, -0.25) is 0 Å². The Balaban J connectivity index is 2.91. The van der Waals surface area contributed by atoms with Crippen LogP contribution in [0.2, 0.25) is 0 Å². The minimum atomic E-state index is 1.11. The van der Waals surface area contributed by atoms with Crippen LogP contribution in [0.1, 0.15) is 40.0 Å². The molecule has 96 valence electrons. The fraction of sp³-hybridized carbons (Fsp3) is 0.333. The highest BCUT2D eigenvalue weighted by Crippen LogP contribution is 2.32. The predicted octanol–water partition coefficient (Wildman–Crippen LogP) is 5.68. The summed E-state index contributed by atoms with van der Waals surface area (Å²) in [6, 6.07) is 0. The zero-order chi connectivity index (χ0) is 13.2. The van der Waals surface area contributed by atoms with Crippen molar-refractivity contribution >= 4 is 0 Å². The lowest BCUT2D eigenvalue weighted by Crippen LogP contribution is -2.01. The molecular weight excluding hydrogens is 216 g/mol. The van der Waals surface area contributed by atoms with Crippen molar-refractivity contribution in [3.05, 3.63) is 71.4 Å². The molecule has 0 radical (unpaired) electrons. The number of allylic oxidation sites excluding steroid dienone is 12. The molecule has 0 aromatic carbocycles. The molecule has 0 bridgehead atoms. The van der Waals surface area contributed by atoms with E-state index < -0.39 is 0 Å². The van der Waals surface area contributed by atoms with E-state index in [9.17, 15) is 0 Å². The molecule has 0 heteroatoms. The van der Waals surface area contributed by atoms with E-state index in [-0.39, 0.29) is 0 Å². The standard InChI is InChI=1S/C18H24/c1-4-7-10-16-13-17(11-8-5-2)15-18(14-16)12-9-6-3/h4-12H,13-15H2,1-3H3. The van der Waals surface area contributed by atoms with Gasteiger partial charge in [0.2, 0.25) is 0 Å². The van der Waals surface area contributed by atoms with Gasteiger partial charge in [0.15, 0.2) is 0 Å². The molecule has 0 aromatic heterocycles. The van der Waals surface area contributed by atoms with Crippen LogP contribution in [0, 0.1) is 0 Å². The minimum absolute atomic E-state index is 1.11. The summed E-state index contributed by atoms with van der Waals surface area (Å²) in [5, 5.41) is 0. The number of hydrogen-bond acceptors (Lipinski definition) is 0. The quantitative estimate of drug-likeness (QED) is 0.595. The number of rotatable bonds is 3. The molecule has 0 atom stereocenters. The van der Waals surface area contributed by atoms with Crippen molar-refractivity contribution < 1.29 is 0 Å². The molecule has 0 unspecified atom stereocenters. The van der Waals surface area contributed by atoms with Crippen molar-refractivity contribution in [2.24, 2.45) is 0 Å². The van der Waals surface area contributed by atoms with Gasteiger partial charge in [-0.05, 0) is 40.0 Å². The topological polar surface area (TPSA) is 0 Å². The molecule has 0 N–H and O–H groups in total. The summed E-state index contributed by atoms with van der Waals surface area (Å²) in [6.07, 6.45) is 22.8. The fourth-order valence-electron chi connectivity index (χ4n) is 2.11. The molecule has 1 aliphatic carbocycles. The van der Waals surface area contributed by atoms with Crippen molar-refractivity contribution in [2.45, 2.75) is 40.0 Å². The van der Waals surface area contributed by atoms with E-state index in [1.54, 1.807) is 0 Å². The lowest BCUT2D eigenvalue weighted by molar-refractivity contribution is 0.859. The van der Waals surface area contributed by atoms with E-state index in [2.05, 4.69) is 75.5 Å². The van der Waals surface area contributed by atoms with Crippen molar-refractivity contribution in [3.8, 4) is 0 Å². The molecule has 1 saturated carbocycles. The largest absolute Gasteiger partial charge is 0.0877 e. The molecule has 0 saturated heterocycles. The second kappa shape index (κ2) is 8.52. The summed E-state index contributed by atoms with van der Waals surface area (Å²) in [5.74, 6) is 0. The van der Waals surface area contributed by atoms with Crippen LogP contribution in [0.3, 0.4) is 0 Å². The Morgan fingerprint density at radius 1 is 0.556 bits per heavy atom. The van der Waals surface area contributed by atoms with Gasteiger partial charge >= 0.3 is 0 Å². The first-order chi connectivity index (χ1) is 8.80. The molecular formula is C18H24. The van der Waals surface area contributed by atoms with Gasteiger partial charge in [-0.15, -0.1) is 0 Å². The van der Waals surface area contributed by atoms with Crippen LogP contribution in [0.5, 0.6) is 0 Å². The molecule has 0 aliphatic heterocycles. The molecule has 0 nitrogen and oxygen atoms in total. The number of hydrogen-bond donors (Lipinski definition) is 0. The first kappa shape index (κ1) is 14.5. The lowest BCUT2D eigenvalue weighted by atomic mass is 9.85. The summed E-state index contributed by atoms with van der Waals surface area (Å²) in [4.78, 5) is 0. The van der Waals surface area contributed by atoms with E-state index in [0.29, 0.717) is 0 Å². The van der Waals surface area contributed by atoms with Crippen LogP contribution >= 0.6 is 0 Å². The van der Waals surface area contributed by atoms with E-state index >= 15 is 0 Å². The average molecular weight is 240 g/mol. The normalized spacial score (nSPS) is 17.2. The first-order valence-corrected chi connectivity index (χ1v) is 6.72. The molecule has 1 rings (SSSR count). The van der Waals surface area contributed by atoms with E-state index in [4.69, 9.17) is 0 Å². The maximum absolute atomic E-state index is 2.26. The third kappa shape index (κ3) is 5.18. The highest BCUT2D eigenvalue weighted by atomic mass is 14.2. The van der Waals surface area contributed by atoms with Gasteiger partial charge in [0.25, 0.3) is 0 Å². The molecule has 0 amide bonds. The molecule has 1 aliphatic rings. The second-order valence-corrected chi connectivity index (χ2v) is 4.58. The summed E-state index contributed by atoms with van der Waals surface area (Å²) in [6.45, 7) is 6.19. The van der Waals surface area contributed by atoms with Gasteiger partial charge in [0.1, 0.15) is 0 Å². The fourth-order valence-corrected chi connectivity index (χ4v) is 2.11. The molecule has 1 fully saturated rings. The zero-order valence-electron chi connectivity index (χ0n) is 11.8. The van der Waals surface area contributed by atoms with Crippen molar-refractivity contribution in [1.29, 1.82) is 0 Å². The third-order valence-corrected chi connectivity index (χ3v) is 2.94. The van der Waals surface area contributed by atoms with Crippen molar-refractivity contribution in [1.82, 2.24) is 0 Å². The maximum atomic E-state index is 2.26. The van der Waals surface area contributed by atoms with Crippen LogP contribution in [0.25, 0.3) is 0 Å². The Bertz CT molecular complexity index is 344. The monoisotopic (exact) mass is 240 g/mol. The SMILES string of the molecule is CC=CC=C1CC(=CC=CC)CC(=CC=CC)C1. The van der Waals surface area contributed by atoms with Gasteiger partial charge in [-0.1, -0.05) is 71.4 Å². The van der Waals surface area contributed by atoms with E-state index in [0.717, 1.165) is 19.3 Å². The average Bonchev–Trinajstić information content (AvgIpc) is 2.40. The predicted molar refractivity (Wildman–Crippen MR) is 82.5 cm³/mol.